The summed E-state index contributed by atoms with van der Waals surface area (Å²) in [6, 6.07) is 6.14. The second kappa shape index (κ2) is 9.13. The Labute approximate surface area is 175 Å². The van der Waals surface area contributed by atoms with Crippen LogP contribution >= 0.6 is 11.3 Å². The monoisotopic (exact) mass is 410 g/mol. The maximum Gasteiger partial charge on any atom is 0.303 e. The molecule has 6 nitrogen and oxygen atoms in total. The molecule has 3 aromatic rings. The fourth-order valence-corrected chi connectivity index (χ4v) is 4.32. The van der Waals surface area contributed by atoms with E-state index < -0.39 is 5.97 Å². The van der Waals surface area contributed by atoms with Crippen LogP contribution < -0.4 is 5.32 Å². The van der Waals surface area contributed by atoms with Gasteiger partial charge >= 0.3 is 5.97 Å². The van der Waals surface area contributed by atoms with Crippen molar-refractivity contribution in [2.45, 2.75) is 52.9 Å². The quantitative estimate of drug-likeness (QED) is 0.510. The van der Waals surface area contributed by atoms with Gasteiger partial charge in [0.2, 0.25) is 0 Å². The van der Waals surface area contributed by atoms with Gasteiger partial charge in [0, 0.05) is 17.7 Å². The van der Waals surface area contributed by atoms with Crippen molar-refractivity contribution in [1.29, 1.82) is 0 Å². The smallest absolute Gasteiger partial charge is 0.303 e. The number of thiazole rings is 1. The van der Waals surface area contributed by atoms with Crippen molar-refractivity contribution in [3.8, 4) is 10.4 Å². The number of hydrogen-bond donors (Lipinski definition) is 2. The van der Waals surface area contributed by atoms with Crippen molar-refractivity contribution >= 4 is 28.7 Å². The van der Waals surface area contributed by atoms with Crippen LogP contribution in [0.5, 0.6) is 0 Å². The number of carboxylic acid groups (broad SMARTS) is 1. The number of nitrogens with zero attached hydrogens (tertiary/aromatic N) is 3. The first kappa shape index (κ1) is 20.9. The van der Waals surface area contributed by atoms with E-state index in [4.69, 9.17) is 0 Å². The average molecular weight is 411 g/mol. The minimum absolute atomic E-state index is 0.0369. The molecule has 0 bridgehead atoms. The molecule has 2 heterocycles. The van der Waals surface area contributed by atoms with E-state index >= 15 is 0 Å². The zero-order valence-corrected chi connectivity index (χ0v) is 18.0. The molecule has 1 aromatic carbocycles. The average Bonchev–Trinajstić information content (AvgIpc) is 3.04. The third-order valence-electron chi connectivity index (χ3n) is 4.88. The molecular weight excluding hydrogens is 384 g/mol. The van der Waals surface area contributed by atoms with Gasteiger partial charge < -0.3 is 10.4 Å². The second-order valence-electron chi connectivity index (χ2n) is 7.02. The molecule has 2 N–H and O–H groups in total. The number of carbonyl (C=O) groups is 1. The van der Waals surface area contributed by atoms with Gasteiger partial charge in [0.25, 0.3) is 0 Å². The molecule has 0 saturated carbocycles. The molecule has 0 aliphatic heterocycles. The fourth-order valence-electron chi connectivity index (χ4n) is 3.36. The summed E-state index contributed by atoms with van der Waals surface area (Å²) in [6.07, 6.45) is 5.22. The number of aromatic nitrogens is 3. The Morgan fingerprint density at radius 2 is 1.93 bits per heavy atom. The maximum atomic E-state index is 11.3. The van der Waals surface area contributed by atoms with Crippen molar-refractivity contribution in [2.75, 3.05) is 5.32 Å². The topological polar surface area (TPSA) is 88.0 Å². The lowest BCUT2D eigenvalue weighted by Crippen LogP contribution is -2.06. The number of carboxylic acids is 1. The first-order valence-electron chi connectivity index (χ1n) is 9.79. The Hall–Kier alpha value is -2.80. The highest BCUT2D eigenvalue weighted by molar-refractivity contribution is 7.15. The molecule has 0 fully saturated rings. The predicted octanol–water partition coefficient (Wildman–Crippen LogP) is 5.49. The van der Waals surface area contributed by atoms with Gasteiger partial charge in [-0.3, -0.25) is 4.79 Å². The minimum atomic E-state index is -0.784. The van der Waals surface area contributed by atoms with Gasteiger partial charge in [-0.25, -0.2) is 15.0 Å². The number of aryl methyl sites for hydroxylation is 3. The highest BCUT2D eigenvalue weighted by Crippen LogP contribution is 2.38. The third-order valence-corrected chi connectivity index (χ3v) is 5.98. The summed E-state index contributed by atoms with van der Waals surface area (Å²) in [6.45, 7) is 8.05. The normalized spacial score (nSPS) is 12.0. The Morgan fingerprint density at radius 3 is 2.48 bits per heavy atom. The summed E-state index contributed by atoms with van der Waals surface area (Å²) in [5, 5.41) is 13.7. The summed E-state index contributed by atoms with van der Waals surface area (Å²) < 4.78 is 0. The molecule has 0 amide bonds. The first-order chi connectivity index (χ1) is 13.9. The molecule has 0 spiro atoms. The number of nitrogens with one attached hydrogen (secondary N) is 1. The van der Waals surface area contributed by atoms with E-state index in [9.17, 15) is 9.90 Å². The van der Waals surface area contributed by atoms with Crippen LogP contribution in [-0.4, -0.2) is 26.0 Å². The molecular formula is C22H26N4O2S. The van der Waals surface area contributed by atoms with Crippen LogP contribution in [0.15, 0.2) is 30.6 Å². The lowest BCUT2D eigenvalue weighted by Gasteiger charge is -2.18. The number of benzene rings is 1. The Bertz CT molecular complexity index is 999. The fraction of sp³-hybridized carbons (Fsp3) is 0.364. The number of aliphatic carboxylic acids is 1. The van der Waals surface area contributed by atoms with Gasteiger partial charge in [-0.15, -0.1) is 11.3 Å². The van der Waals surface area contributed by atoms with Crippen LogP contribution in [0.25, 0.3) is 10.4 Å². The molecule has 0 radical (unpaired) electrons. The number of hydrogen-bond acceptors (Lipinski definition) is 6. The Balaban J connectivity index is 2.05. The molecule has 0 aliphatic carbocycles. The van der Waals surface area contributed by atoms with Crippen molar-refractivity contribution in [2.24, 2.45) is 0 Å². The molecule has 2 aromatic heterocycles. The minimum Gasteiger partial charge on any atom is -0.481 e. The van der Waals surface area contributed by atoms with E-state index in [-0.39, 0.29) is 12.3 Å². The van der Waals surface area contributed by atoms with Crippen LogP contribution in [0.1, 0.15) is 54.7 Å². The van der Waals surface area contributed by atoms with Crippen LogP contribution in [-0.2, 0) is 11.2 Å². The second-order valence-corrected chi connectivity index (χ2v) is 8.23. The van der Waals surface area contributed by atoms with E-state index in [0.717, 1.165) is 56.7 Å². The van der Waals surface area contributed by atoms with E-state index in [0.29, 0.717) is 0 Å². The maximum absolute atomic E-state index is 11.3. The van der Waals surface area contributed by atoms with Crippen molar-refractivity contribution in [3.63, 3.8) is 0 Å². The Kier molecular flexibility index (Phi) is 6.59. The van der Waals surface area contributed by atoms with Crippen LogP contribution in [0.4, 0.5) is 11.4 Å². The van der Waals surface area contributed by atoms with Crippen molar-refractivity contribution in [3.05, 3.63) is 52.7 Å². The highest BCUT2D eigenvalue weighted by atomic mass is 32.1. The zero-order chi connectivity index (χ0) is 21.0. The van der Waals surface area contributed by atoms with Crippen molar-refractivity contribution < 1.29 is 9.90 Å². The summed E-state index contributed by atoms with van der Waals surface area (Å²) in [5.41, 5.74) is 4.74. The first-order valence-corrected chi connectivity index (χ1v) is 10.6. The zero-order valence-electron chi connectivity index (χ0n) is 17.2. The van der Waals surface area contributed by atoms with Gasteiger partial charge in [0.05, 0.1) is 40.1 Å². The van der Waals surface area contributed by atoms with E-state index in [1.807, 2.05) is 33.8 Å². The molecule has 0 unspecified atom stereocenters. The molecule has 29 heavy (non-hydrogen) atoms. The van der Waals surface area contributed by atoms with Crippen LogP contribution in [0, 0.1) is 13.8 Å². The van der Waals surface area contributed by atoms with Crippen LogP contribution in [0.3, 0.4) is 0 Å². The van der Waals surface area contributed by atoms with Crippen LogP contribution in [0.2, 0.25) is 0 Å². The SMILES string of the molecule is CCc1ncc(Nc2cc([C@@H](CC)CC(=O)O)ccc2-c2sc(C)nc2C)cn1. The lowest BCUT2D eigenvalue weighted by atomic mass is 9.91. The molecule has 3 rings (SSSR count). The summed E-state index contributed by atoms with van der Waals surface area (Å²) >= 11 is 1.65. The highest BCUT2D eigenvalue weighted by Gasteiger charge is 2.18. The summed E-state index contributed by atoms with van der Waals surface area (Å²) in [5.74, 6) is -0.0241. The van der Waals surface area contributed by atoms with E-state index in [2.05, 4.69) is 32.4 Å². The summed E-state index contributed by atoms with van der Waals surface area (Å²) in [7, 11) is 0. The number of anilines is 2. The Morgan fingerprint density at radius 1 is 1.21 bits per heavy atom. The van der Waals surface area contributed by atoms with Gasteiger partial charge in [-0.05, 0) is 37.8 Å². The largest absolute Gasteiger partial charge is 0.481 e. The van der Waals surface area contributed by atoms with E-state index in [1.54, 1.807) is 23.7 Å². The molecule has 1 atom stereocenters. The van der Waals surface area contributed by atoms with Gasteiger partial charge in [0.1, 0.15) is 5.82 Å². The van der Waals surface area contributed by atoms with Gasteiger partial charge in [0.15, 0.2) is 0 Å². The molecule has 0 aliphatic rings. The molecule has 7 heteroatoms. The lowest BCUT2D eigenvalue weighted by molar-refractivity contribution is -0.137. The number of rotatable bonds is 8. The standard InChI is InChI=1S/C22H26N4O2S/c1-5-15(10-21(27)28)16-7-8-18(22-13(3)25-14(4)29-22)19(9-16)26-17-11-23-20(6-2)24-12-17/h7-9,11-12,15,26H,5-6,10H2,1-4H3,(H,27,28)/t15-/m0/s1. The summed E-state index contributed by atoms with van der Waals surface area (Å²) in [4.78, 5) is 25.7. The van der Waals surface area contributed by atoms with E-state index in [1.165, 1.54) is 0 Å². The molecule has 152 valence electrons. The van der Waals surface area contributed by atoms with Crippen molar-refractivity contribution in [1.82, 2.24) is 15.0 Å². The predicted molar refractivity (Wildman–Crippen MR) is 117 cm³/mol. The van der Waals surface area contributed by atoms with Gasteiger partial charge in [-0.2, -0.15) is 0 Å². The van der Waals surface area contributed by atoms with Gasteiger partial charge in [-0.1, -0.05) is 26.0 Å². The molecule has 0 saturated heterocycles. The third kappa shape index (κ3) is 4.98.